The van der Waals surface area contributed by atoms with Gasteiger partial charge in [-0.1, -0.05) is 25.1 Å². The van der Waals surface area contributed by atoms with E-state index >= 15 is 0 Å². The van der Waals surface area contributed by atoms with Gasteiger partial charge < -0.3 is 9.80 Å². The Labute approximate surface area is 144 Å². The normalized spacial score (nSPS) is 27.8. The Balaban J connectivity index is 1.84. The van der Waals surface area contributed by atoms with Crippen LogP contribution in [0.2, 0.25) is 0 Å². The molecular weight excluding hydrogens is 300 g/mol. The predicted molar refractivity (Wildman–Crippen MR) is 94.7 cm³/mol. The summed E-state index contributed by atoms with van der Waals surface area (Å²) in [5.74, 6) is 0.669. The Morgan fingerprint density at radius 3 is 2.54 bits per heavy atom. The lowest BCUT2D eigenvalue weighted by Gasteiger charge is -2.47. The van der Waals surface area contributed by atoms with Crippen LogP contribution in [0.1, 0.15) is 56.3 Å². The van der Waals surface area contributed by atoms with Gasteiger partial charge in [0.25, 0.3) is 5.91 Å². The van der Waals surface area contributed by atoms with Crippen molar-refractivity contribution < 1.29 is 9.59 Å². The first kappa shape index (κ1) is 17.0. The lowest BCUT2D eigenvalue weighted by Crippen LogP contribution is -2.62. The highest BCUT2D eigenvalue weighted by Crippen LogP contribution is 2.32. The Bertz CT molecular complexity index is 601. The summed E-state index contributed by atoms with van der Waals surface area (Å²) < 4.78 is 0. The van der Waals surface area contributed by atoms with Gasteiger partial charge in [0.1, 0.15) is 5.54 Å². The molecule has 2 fully saturated rings. The molecule has 0 unspecified atom stereocenters. The van der Waals surface area contributed by atoms with Crippen LogP contribution in [0, 0.1) is 5.92 Å². The second kappa shape index (κ2) is 6.96. The highest BCUT2D eigenvalue weighted by molar-refractivity contribution is 5.99. The number of hydrogen-bond donors (Lipinski definition) is 0. The van der Waals surface area contributed by atoms with Crippen LogP contribution in [0.4, 0.5) is 0 Å². The van der Waals surface area contributed by atoms with Gasteiger partial charge in [-0.2, -0.15) is 0 Å². The molecule has 0 aromatic heterocycles. The van der Waals surface area contributed by atoms with Crippen molar-refractivity contribution >= 4 is 11.8 Å². The van der Waals surface area contributed by atoms with Crippen LogP contribution in [-0.2, 0) is 4.79 Å². The number of rotatable bonds is 2. The molecule has 2 aliphatic rings. The molecule has 0 radical (unpaired) electrons. The number of piperidine rings is 2. The molecule has 1 aromatic carbocycles. The zero-order valence-corrected chi connectivity index (χ0v) is 14.8. The lowest BCUT2D eigenvalue weighted by atomic mass is 9.85. The van der Waals surface area contributed by atoms with E-state index in [1.165, 1.54) is 6.42 Å². The van der Waals surface area contributed by atoms with Crippen molar-refractivity contribution in [3.05, 3.63) is 35.9 Å². The summed E-state index contributed by atoms with van der Waals surface area (Å²) in [6.45, 7) is 6.48. The van der Waals surface area contributed by atoms with Crippen molar-refractivity contribution in [1.29, 1.82) is 0 Å². The number of carbonyl (C=O) groups excluding carboxylic acids is 2. The monoisotopic (exact) mass is 328 g/mol. The first-order chi connectivity index (χ1) is 11.5. The smallest absolute Gasteiger partial charge is 0.254 e. The van der Waals surface area contributed by atoms with Gasteiger partial charge in [0.15, 0.2) is 0 Å². The minimum absolute atomic E-state index is 0.0174. The summed E-state index contributed by atoms with van der Waals surface area (Å²) in [6, 6.07) is 9.34. The Morgan fingerprint density at radius 1 is 1.08 bits per heavy atom. The summed E-state index contributed by atoms with van der Waals surface area (Å²) in [4.78, 5) is 30.1. The third-order valence-electron chi connectivity index (χ3n) is 5.56. The van der Waals surface area contributed by atoms with Gasteiger partial charge in [-0.3, -0.25) is 9.59 Å². The van der Waals surface area contributed by atoms with E-state index in [1.807, 2.05) is 47.1 Å². The van der Waals surface area contributed by atoms with Gasteiger partial charge in [-0.25, -0.2) is 0 Å². The molecule has 2 aliphatic heterocycles. The number of nitrogens with zero attached hydrogens (tertiary/aromatic N) is 2. The van der Waals surface area contributed by atoms with Gasteiger partial charge in [-0.05, 0) is 57.1 Å². The van der Waals surface area contributed by atoms with Crippen molar-refractivity contribution in [2.45, 2.75) is 51.5 Å². The van der Waals surface area contributed by atoms with E-state index in [9.17, 15) is 9.59 Å². The topological polar surface area (TPSA) is 40.6 Å². The summed E-state index contributed by atoms with van der Waals surface area (Å²) in [5.41, 5.74) is -0.0344. The molecule has 24 heavy (non-hydrogen) atoms. The van der Waals surface area contributed by atoms with E-state index in [0.29, 0.717) is 18.0 Å². The van der Waals surface area contributed by atoms with Crippen LogP contribution in [-0.4, -0.2) is 46.8 Å². The third-order valence-corrected chi connectivity index (χ3v) is 5.56. The molecule has 2 atom stereocenters. The zero-order chi connectivity index (χ0) is 17.2. The average Bonchev–Trinajstić information content (AvgIpc) is 2.61. The fourth-order valence-electron chi connectivity index (χ4n) is 4.12. The molecule has 130 valence electrons. The van der Waals surface area contributed by atoms with Gasteiger partial charge in [0, 0.05) is 25.2 Å². The summed E-state index contributed by atoms with van der Waals surface area (Å²) in [6.07, 6.45) is 4.99. The number of carbonyl (C=O) groups is 2. The fourth-order valence-corrected chi connectivity index (χ4v) is 4.12. The van der Waals surface area contributed by atoms with Crippen molar-refractivity contribution in [2.24, 2.45) is 5.92 Å². The van der Waals surface area contributed by atoms with Crippen molar-refractivity contribution in [3.63, 3.8) is 0 Å². The number of likely N-dealkylation sites (tertiary alicyclic amines) is 2. The van der Waals surface area contributed by atoms with E-state index in [4.69, 9.17) is 0 Å². The van der Waals surface area contributed by atoms with Crippen molar-refractivity contribution in [2.75, 3.05) is 19.6 Å². The van der Waals surface area contributed by atoms with Crippen LogP contribution in [0.3, 0.4) is 0 Å². The Kier molecular flexibility index (Phi) is 4.93. The molecule has 4 heteroatoms. The maximum atomic E-state index is 13.3. The van der Waals surface area contributed by atoms with Crippen LogP contribution in [0.25, 0.3) is 0 Å². The summed E-state index contributed by atoms with van der Waals surface area (Å²) in [7, 11) is 0. The number of benzene rings is 1. The number of hydrogen-bond acceptors (Lipinski definition) is 2. The molecule has 0 spiro atoms. The van der Waals surface area contributed by atoms with Crippen LogP contribution in [0.5, 0.6) is 0 Å². The van der Waals surface area contributed by atoms with Gasteiger partial charge >= 0.3 is 0 Å². The minimum Gasteiger partial charge on any atom is -0.340 e. The Hall–Kier alpha value is -1.84. The molecule has 0 saturated carbocycles. The maximum absolute atomic E-state index is 13.3. The summed E-state index contributed by atoms with van der Waals surface area (Å²) in [5, 5.41) is 0. The fraction of sp³-hybridized carbons (Fsp3) is 0.600. The molecule has 2 amide bonds. The van der Waals surface area contributed by atoms with Crippen LogP contribution < -0.4 is 0 Å². The van der Waals surface area contributed by atoms with E-state index in [2.05, 4.69) is 6.92 Å². The van der Waals surface area contributed by atoms with Crippen LogP contribution in [0.15, 0.2) is 30.3 Å². The number of amides is 2. The molecule has 2 heterocycles. The first-order valence-electron chi connectivity index (χ1n) is 9.19. The zero-order valence-electron chi connectivity index (χ0n) is 14.8. The molecule has 0 aliphatic carbocycles. The molecule has 4 nitrogen and oxygen atoms in total. The second-order valence-electron chi connectivity index (χ2n) is 7.55. The third kappa shape index (κ3) is 3.19. The maximum Gasteiger partial charge on any atom is 0.254 e. The highest BCUT2D eigenvalue weighted by Gasteiger charge is 2.46. The molecule has 0 bridgehead atoms. The molecule has 1 aromatic rings. The van der Waals surface area contributed by atoms with Crippen molar-refractivity contribution in [1.82, 2.24) is 9.80 Å². The molecule has 3 rings (SSSR count). The predicted octanol–water partition coefficient (Wildman–Crippen LogP) is 3.33. The summed E-state index contributed by atoms with van der Waals surface area (Å²) >= 11 is 0. The minimum atomic E-state index is -0.706. The van der Waals surface area contributed by atoms with E-state index in [1.54, 1.807) is 0 Å². The van der Waals surface area contributed by atoms with E-state index in [0.717, 1.165) is 38.8 Å². The van der Waals surface area contributed by atoms with Gasteiger partial charge in [0.2, 0.25) is 5.91 Å². The first-order valence-corrected chi connectivity index (χ1v) is 9.19. The highest BCUT2D eigenvalue weighted by atomic mass is 16.2. The largest absolute Gasteiger partial charge is 0.340 e. The van der Waals surface area contributed by atoms with Gasteiger partial charge in [0.05, 0.1) is 0 Å². The van der Waals surface area contributed by atoms with Gasteiger partial charge in [-0.15, -0.1) is 0 Å². The van der Waals surface area contributed by atoms with E-state index in [-0.39, 0.29) is 11.8 Å². The average molecular weight is 328 g/mol. The molecule has 2 saturated heterocycles. The van der Waals surface area contributed by atoms with Crippen LogP contribution >= 0.6 is 0 Å². The van der Waals surface area contributed by atoms with Crippen molar-refractivity contribution in [3.8, 4) is 0 Å². The quantitative estimate of drug-likeness (QED) is 0.835. The molecular formula is C20H28N2O2. The Morgan fingerprint density at radius 2 is 1.83 bits per heavy atom. The molecule has 0 N–H and O–H groups in total. The standard InChI is InChI=1S/C20H28N2O2/c1-16-9-8-13-21(15-16)19(24)20(2)12-6-7-14-22(20)18(23)17-10-4-3-5-11-17/h3-5,10-11,16H,6-9,12-15H2,1-2H3/t16-,20+/m0/s1. The second-order valence-corrected chi connectivity index (χ2v) is 7.55. The van der Waals surface area contributed by atoms with E-state index < -0.39 is 5.54 Å². The lowest BCUT2D eigenvalue weighted by molar-refractivity contribution is -0.145. The SMILES string of the molecule is C[C@H]1CCCN(C(=O)[C@@]2(C)CCCCN2C(=O)c2ccccc2)C1.